The summed E-state index contributed by atoms with van der Waals surface area (Å²) in [7, 11) is 0. The first-order valence-corrected chi connectivity index (χ1v) is 9.11. The molecule has 1 aliphatic carbocycles. The number of benzene rings is 1. The first kappa shape index (κ1) is 17.6. The van der Waals surface area contributed by atoms with Crippen LogP contribution in [0.25, 0.3) is 11.2 Å². The summed E-state index contributed by atoms with van der Waals surface area (Å²) in [4.78, 5) is 12.8. The maximum Gasteiger partial charge on any atom is 0.320 e. The standard InChI is InChI=1S/C19H21F2N5O/c1-11-7-8-14(20)13(15(11)21)9-26-10-23-16-17(22)24-19(25-18(16)26)27-12-5-3-2-4-6-12/h7-8,10,12H,2-6,9H2,1H3,(H2,22,24,25). The number of aryl methyl sites for hydroxylation is 1. The molecule has 1 fully saturated rings. The molecule has 8 heteroatoms. The van der Waals surface area contributed by atoms with Gasteiger partial charge in [0.15, 0.2) is 17.0 Å². The molecule has 0 amide bonds. The van der Waals surface area contributed by atoms with E-state index < -0.39 is 11.6 Å². The molecule has 0 radical (unpaired) electrons. The fourth-order valence-electron chi connectivity index (χ4n) is 3.48. The highest BCUT2D eigenvalue weighted by atomic mass is 19.1. The van der Waals surface area contributed by atoms with Crippen LogP contribution < -0.4 is 10.5 Å². The Morgan fingerprint density at radius 1 is 1.19 bits per heavy atom. The van der Waals surface area contributed by atoms with Gasteiger partial charge in [-0.15, -0.1) is 0 Å². The average Bonchev–Trinajstić information content (AvgIpc) is 3.06. The van der Waals surface area contributed by atoms with Gasteiger partial charge in [0, 0.05) is 5.56 Å². The molecule has 27 heavy (non-hydrogen) atoms. The number of nitrogens with two attached hydrogens (primary N) is 1. The molecule has 0 saturated heterocycles. The number of ether oxygens (including phenoxy) is 1. The highest BCUT2D eigenvalue weighted by molar-refractivity contribution is 5.82. The summed E-state index contributed by atoms with van der Waals surface area (Å²) in [6.45, 7) is 1.55. The Bertz CT molecular complexity index is 982. The smallest absolute Gasteiger partial charge is 0.320 e. The van der Waals surface area contributed by atoms with Gasteiger partial charge in [0.2, 0.25) is 0 Å². The Morgan fingerprint density at radius 2 is 1.96 bits per heavy atom. The maximum atomic E-state index is 14.4. The first-order valence-electron chi connectivity index (χ1n) is 9.11. The van der Waals surface area contributed by atoms with Crippen LogP contribution in [0, 0.1) is 18.6 Å². The third-order valence-corrected chi connectivity index (χ3v) is 5.00. The van der Waals surface area contributed by atoms with Gasteiger partial charge in [-0.25, -0.2) is 13.8 Å². The number of halogens is 2. The molecule has 142 valence electrons. The lowest BCUT2D eigenvalue weighted by Gasteiger charge is -2.21. The Hall–Kier alpha value is -2.77. The summed E-state index contributed by atoms with van der Waals surface area (Å²) in [6, 6.07) is 2.85. The lowest BCUT2D eigenvalue weighted by Crippen LogP contribution is -2.21. The third-order valence-electron chi connectivity index (χ3n) is 5.00. The Morgan fingerprint density at radius 3 is 2.74 bits per heavy atom. The Balaban J connectivity index is 1.69. The topological polar surface area (TPSA) is 78.9 Å². The highest BCUT2D eigenvalue weighted by Gasteiger charge is 2.20. The number of hydrogen-bond donors (Lipinski definition) is 1. The second-order valence-corrected chi connectivity index (χ2v) is 6.97. The van der Waals surface area contributed by atoms with E-state index in [0.29, 0.717) is 16.7 Å². The minimum absolute atomic E-state index is 0.0405. The van der Waals surface area contributed by atoms with Crippen LogP contribution in [-0.2, 0) is 6.54 Å². The third kappa shape index (κ3) is 3.43. The summed E-state index contributed by atoms with van der Waals surface area (Å²) >= 11 is 0. The van der Waals surface area contributed by atoms with Crippen LogP contribution in [0.4, 0.5) is 14.6 Å². The van der Waals surface area contributed by atoms with Crippen molar-refractivity contribution in [3.63, 3.8) is 0 Å². The van der Waals surface area contributed by atoms with Crippen molar-refractivity contribution in [1.82, 2.24) is 19.5 Å². The molecule has 0 spiro atoms. The Labute approximate surface area is 155 Å². The summed E-state index contributed by atoms with van der Waals surface area (Å²) < 4.78 is 36.0. The number of imidazole rings is 1. The molecule has 1 aromatic carbocycles. The first-order chi connectivity index (χ1) is 13.0. The van der Waals surface area contributed by atoms with E-state index in [-0.39, 0.29) is 30.0 Å². The van der Waals surface area contributed by atoms with E-state index in [1.807, 2.05) is 0 Å². The van der Waals surface area contributed by atoms with Gasteiger partial charge < -0.3 is 15.0 Å². The normalized spacial score (nSPS) is 15.4. The molecule has 4 rings (SSSR count). The van der Waals surface area contributed by atoms with Crippen LogP contribution in [0.5, 0.6) is 6.01 Å². The van der Waals surface area contributed by atoms with Crippen LogP contribution in [-0.4, -0.2) is 25.6 Å². The van der Waals surface area contributed by atoms with Crippen molar-refractivity contribution in [2.24, 2.45) is 0 Å². The quantitative estimate of drug-likeness (QED) is 0.753. The van der Waals surface area contributed by atoms with Gasteiger partial charge in [0.25, 0.3) is 0 Å². The number of nitrogen functional groups attached to an aromatic ring is 1. The molecule has 2 aromatic heterocycles. The van der Waals surface area contributed by atoms with E-state index in [4.69, 9.17) is 10.5 Å². The van der Waals surface area contributed by atoms with Gasteiger partial charge in [-0.1, -0.05) is 12.5 Å². The van der Waals surface area contributed by atoms with Gasteiger partial charge in [-0.3, -0.25) is 0 Å². The molecular formula is C19H21F2N5O. The van der Waals surface area contributed by atoms with Crippen molar-refractivity contribution >= 4 is 17.0 Å². The number of aromatic nitrogens is 4. The van der Waals surface area contributed by atoms with E-state index in [9.17, 15) is 8.78 Å². The van der Waals surface area contributed by atoms with E-state index in [2.05, 4.69) is 15.0 Å². The zero-order valence-corrected chi connectivity index (χ0v) is 15.1. The van der Waals surface area contributed by atoms with Crippen LogP contribution in [0.3, 0.4) is 0 Å². The fourth-order valence-corrected chi connectivity index (χ4v) is 3.48. The Kier molecular flexibility index (Phi) is 4.63. The van der Waals surface area contributed by atoms with E-state index in [0.717, 1.165) is 25.7 Å². The fraction of sp³-hybridized carbons (Fsp3) is 0.421. The lowest BCUT2D eigenvalue weighted by molar-refractivity contribution is 0.142. The molecule has 3 aromatic rings. The lowest BCUT2D eigenvalue weighted by atomic mass is 9.98. The molecule has 1 saturated carbocycles. The summed E-state index contributed by atoms with van der Waals surface area (Å²) in [6.07, 6.45) is 6.89. The van der Waals surface area contributed by atoms with Crippen LogP contribution in [0.15, 0.2) is 18.5 Å². The van der Waals surface area contributed by atoms with Crippen molar-refractivity contribution in [2.75, 3.05) is 5.73 Å². The maximum absolute atomic E-state index is 14.4. The molecule has 2 N–H and O–H groups in total. The van der Waals surface area contributed by atoms with E-state index in [1.54, 1.807) is 11.5 Å². The van der Waals surface area contributed by atoms with Gasteiger partial charge in [-0.2, -0.15) is 9.97 Å². The molecule has 2 heterocycles. The van der Waals surface area contributed by atoms with E-state index >= 15 is 0 Å². The van der Waals surface area contributed by atoms with Crippen LogP contribution in [0.1, 0.15) is 43.2 Å². The second-order valence-electron chi connectivity index (χ2n) is 6.97. The number of hydrogen-bond acceptors (Lipinski definition) is 5. The predicted octanol–water partition coefficient (Wildman–Crippen LogP) is 3.75. The van der Waals surface area contributed by atoms with Crippen molar-refractivity contribution in [2.45, 2.75) is 51.7 Å². The van der Waals surface area contributed by atoms with Crippen molar-refractivity contribution < 1.29 is 13.5 Å². The zero-order valence-electron chi connectivity index (χ0n) is 15.1. The molecule has 0 aliphatic heterocycles. The monoisotopic (exact) mass is 373 g/mol. The number of rotatable bonds is 4. The number of anilines is 1. The van der Waals surface area contributed by atoms with Crippen molar-refractivity contribution in [3.05, 3.63) is 41.2 Å². The minimum atomic E-state index is -0.611. The van der Waals surface area contributed by atoms with Gasteiger partial charge >= 0.3 is 6.01 Å². The van der Waals surface area contributed by atoms with Crippen molar-refractivity contribution in [3.8, 4) is 6.01 Å². The predicted molar refractivity (Wildman–Crippen MR) is 97.4 cm³/mol. The summed E-state index contributed by atoms with van der Waals surface area (Å²) in [5.74, 6) is -0.993. The molecule has 0 unspecified atom stereocenters. The molecule has 6 nitrogen and oxygen atoms in total. The van der Waals surface area contributed by atoms with Gasteiger partial charge in [0.05, 0.1) is 12.9 Å². The summed E-state index contributed by atoms with van der Waals surface area (Å²) in [5.41, 5.74) is 7.12. The van der Waals surface area contributed by atoms with Crippen LogP contribution in [0.2, 0.25) is 0 Å². The molecule has 1 aliphatic rings. The number of nitrogens with zero attached hydrogens (tertiary/aromatic N) is 4. The highest BCUT2D eigenvalue weighted by Crippen LogP contribution is 2.25. The largest absolute Gasteiger partial charge is 0.460 e. The molecule has 0 bridgehead atoms. The van der Waals surface area contributed by atoms with Gasteiger partial charge in [-0.05, 0) is 44.2 Å². The molecular weight excluding hydrogens is 352 g/mol. The zero-order chi connectivity index (χ0) is 19.0. The second kappa shape index (κ2) is 7.09. The molecule has 0 atom stereocenters. The van der Waals surface area contributed by atoms with Crippen LogP contribution >= 0.6 is 0 Å². The van der Waals surface area contributed by atoms with E-state index in [1.165, 1.54) is 24.9 Å². The minimum Gasteiger partial charge on any atom is -0.460 e. The number of fused-ring (bicyclic) bond motifs is 1. The summed E-state index contributed by atoms with van der Waals surface area (Å²) in [5, 5.41) is 0. The SMILES string of the molecule is Cc1ccc(F)c(Cn2cnc3c(N)nc(OC4CCCCC4)nc32)c1F. The average molecular weight is 373 g/mol. The van der Waals surface area contributed by atoms with Gasteiger partial charge in [0.1, 0.15) is 17.7 Å². The van der Waals surface area contributed by atoms with Crippen molar-refractivity contribution in [1.29, 1.82) is 0 Å².